The van der Waals surface area contributed by atoms with Crippen molar-refractivity contribution in [1.82, 2.24) is 19.9 Å². The first-order valence-corrected chi connectivity index (χ1v) is 12.0. The van der Waals surface area contributed by atoms with Gasteiger partial charge in [0.15, 0.2) is 16.8 Å². The largest absolute Gasteiger partial charge is 0.333 e. The van der Waals surface area contributed by atoms with Crippen LogP contribution in [0.1, 0.15) is 5.56 Å². The Balaban J connectivity index is 1.74. The van der Waals surface area contributed by atoms with E-state index in [9.17, 15) is 17.2 Å². The average Bonchev–Trinajstić information content (AvgIpc) is 2.80. The predicted octanol–water partition coefficient (Wildman–Crippen LogP) is 4.41. The van der Waals surface area contributed by atoms with Gasteiger partial charge < -0.3 is 5.32 Å². The van der Waals surface area contributed by atoms with Crippen LogP contribution in [0.25, 0.3) is 11.0 Å². The van der Waals surface area contributed by atoms with Gasteiger partial charge in [0, 0.05) is 5.56 Å². The van der Waals surface area contributed by atoms with Crippen molar-refractivity contribution < 1.29 is 21.6 Å². The third-order valence-corrected chi connectivity index (χ3v) is 6.70. The minimum atomic E-state index is -4.36. The van der Waals surface area contributed by atoms with Crippen LogP contribution in [0.2, 0.25) is 0 Å². The van der Waals surface area contributed by atoms with Crippen molar-refractivity contribution in [2.24, 2.45) is 0 Å². The summed E-state index contributed by atoms with van der Waals surface area (Å²) in [5.41, 5.74) is -0.778. The van der Waals surface area contributed by atoms with Crippen molar-refractivity contribution in [2.75, 3.05) is 16.3 Å². The maximum absolute atomic E-state index is 15.2. The summed E-state index contributed by atoms with van der Waals surface area (Å²) in [5.74, 6) is -2.96. The minimum absolute atomic E-state index is 0.00326. The van der Waals surface area contributed by atoms with Crippen LogP contribution in [0.4, 0.5) is 30.4 Å². The van der Waals surface area contributed by atoms with Gasteiger partial charge >= 0.3 is 0 Å². The SMILES string of the molecule is CSc1ncc2ncnc(Nc3c(F)ccc(NS(=O)(=O)c4cccc(F)c4C)c3F)c2n1. The number of aromatic nitrogens is 4. The highest BCUT2D eigenvalue weighted by Gasteiger charge is 2.23. The van der Waals surface area contributed by atoms with Gasteiger partial charge in [-0.05, 0) is 37.4 Å². The van der Waals surface area contributed by atoms with Crippen molar-refractivity contribution >= 4 is 50.0 Å². The molecular formula is C20H15F3N6O2S2. The molecular weight excluding hydrogens is 477 g/mol. The van der Waals surface area contributed by atoms with Crippen molar-refractivity contribution in [3.8, 4) is 0 Å². The quantitative estimate of drug-likeness (QED) is 0.301. The molecule has 0 aliphatic rings. The zero-order valence-electron chi connectivity index (χ0n) is 17.1. The molecule has 2 N–H and O–H groups in total. The molecule has 0 saturated heterocycles. The van der Waals surface area contributed by atoms with Crippen molar-refractivity contribution in [3.05, 3.63) is 65.9 Å². The van der Waals surface area contributed by atoms with Gasteiger partial charge in [0.1, 0.15) is 34.7 Å². The Hall–Kier alpha value is -3.45. The molecule has 8 nitrogen and oxygen atoms in total. The number of anilines is 3. The van der Waals surface area contributed by atoms with Gasteiger partial charge in [-0.25, -0.2) is 41.5 Å². The number of sulfonamides is 1. The van der Waals surface area contributed by atoms with Crippen LogP contribution in [0.3, 0.4) is 0 Å². The predicted molar refractivity (Wildman–Crippen MR) is 118 cm³/mol. The van der Waals surface area contributed by atoms with Crippen molar-refractivity contribution in [1.29, 1.82) is 0 Å². The zero-order valence-corrected chi connectivity index (χ0v) is 18.7. The Morgan fingerprint density at radius 1 is 1.00 bits per heavy atom. The molecule has 2 heterocycles. The molecule has 0 amide bonds. The summed E-state index contributed by atoms with van der Waals surface area (Å²) in [5, 5.41) is 2.92. The summed E-state index contributed by atoms with van der Waals surface area (Å²) in [6.07, 6.45) is 4.37. The van der Waals surface area contributed by atoms with E-state index in [0.717, 1.165) is 18.2 Å². The van der Waals surface area contributed by atoms with Crippen LogP contribution in [0.5, 0.6) is 0 Å². The summed E-state index contributed by atoms with van der Waals surface area (Å²) in [6.45, 7) is 1.28. The summed E-state index contributed by atoms with van der Waals surface area (Å²) in [4.78, 5) is 16.0. The first-order chi connectivity index (χ1) is 15.7. The van der Waals surface area contributed by atoms with Crippen molar-refractivity contribution in [2.45, 2.75) is 17.0 Å². The Labute approximate surface area is 190 Å². The maximum Gasteiger partial charge on any atom is 0.262 e. The van der Waals surface area contributed by atoms with Crippen LogP contribution in [-0.2, 0) is 10.0 Å². The van der Waals surface area contributed by atoms with E-state index in [2.05, 4.69) is 25.3 Å². The van der Waals surface area contributed by atoms with Crippen LogP contribution in [0, 0.1) is 24.4 Å². The number of rotatable bonds is 6. The smallest absolute Gasteiger partial charge is 0.262 e. The Morgan fingerprint density at radius 3 is 2.55 bits per heavy atom. The maximum atomic E-state index is 15.2. The first kappa shape index (κ1) is 22.7. The van der Waals surface area contributed by atoms with Gasteiger partial charge in [0.2, 0.25) is 0 Å². The zero-order chi connectivity index (χ0) is 23.8. The van der Waals surface area contributed by atoms with Crippen LogP contribution >= 0.6 is 11.8 Å². The number of nitrogens with one attached hydrogen (secondary N) is 2. The highest BCUT2D eigenvalue weighted by atomic mass is 32.2. The molecule has 13 heteroatoms. The van der Waals surface area contributed by atoms with E-state index in [0.29, 0.717) is 10.7 Å². The normalized spacial score (nSPS) is 11.5. The molecule has 0 bridgehead atoms. The third kappa shape index (κ3) is 4.41. The minimum Gasteiger partial charge on any atom is -0.333 e. The Morgan fingerprint density at radius 2 is 1.79 bits per heavy atom. The van der Waals surface area contributed by atoms with Gasteiger partial charge in [-0.2, -0.15) is 0 Å². The first-order valence-electron chi connectivity index (χ1n) is 9.26. The highest BCUT2D eigenvalue weighted by molar-refractivity contribution is 7.98. The number of hydrogen-bond donors (Lipinski definition) is 2. The standard InChI is InChI=1S/C20H15F3N6O2S2/c1-10-11(21)4-3-5-15(10)33(30,31)29-13-7-6-12(22)17(16(13)23)27-19-18-14(25-9-26-19)8-24-20(28-18)32-2/h3-9,29H,1-2H3,(H,25,26,27). The summed E-state index contributed by atoms with van der Waals surface area (Å²) < 4.78 is 71.0. The van der Waals surface area contributed by atoms with E-state index in [1.54, 1.807) is 6.26 Å². The number of hydrogen-bond acceptors (Lipinski definition) is 8. The molecule has 2 aromatic carbocycles. The monoisotopic (exact) mass is 492 g/mol. The average molecular weight is 493 g/mol. The molecule has 0 aliphatic heterocycles. The lowest BCUT2D eigenvalue weighted by Crippen LogP contribution is -2.16. The van der Waals surface area contributed by atoms with E-state index in [1.165, 1.54) is 43.3 Å². The Kier molecular flexibility index (Phi) is 6.08. The molecule has 0 unspecified atom stereocenters. The number of benzene rings is 2. The van der Waals surface area contributed by atoms with E-state index < -0.39 is 38.8 Å². The van der Waals surface area contributed by atoms with Gasteiger partial charge in [-0.1, -0.05) is 17.8 Å². The summed E-state index contributed by atoms with van der Waals surface area (Å²) in [6, 6.07) is 5.31. The van der Waals surface area contributed by atoms with Gasteiger partial charge in [-0.3, -0.25) is 4.72 Å². The molecule has 2 aromatic heterocycles. The molecule has 0 radical (unpaired) electrons. The lowest BCUT2D eigenvalue weighted by atomic mass is 10.2. The number of nitrogens with zero attached hydrogens (tertiary/aromatic N) is 4. The van der Waals surface area contributed by atoms with E-state index in [-0.39, 0.29) is 21.8 Å². The lowest BCUT2D eigenvalue weighted by Gasteiger charge is -2.15. The highest BCUT2D eigenvalue weighted by Crippen LogP contribution is 2.32. The topological polar surface area (TPSA) is 110 Å². The summed E-state index contributed by atoms with van der Waals surface area (Å²) >= 11 is 1.26. The van der Waals surface area contributed by atoms with Crippen LogP contribution in [-0.4, -0.2) is 34.6 Å². The summed E-state index contributed by atoms with van der Waals surface area (Å²) in [7, 11) is -4.36. The van der Waals surface area contributed by atoms with Crippen molar-refractivity contribution in [3.63, 3.8) is 0 Å². The second-order valence-corrected chi connectivity index (χ2v) is 9.11. The molecule has 33 heavy (non-hydrogen) atoms. The fourth-order valence-electron chi connectivity index (χ4n) is 2.97. The van der Waals surface area contributed by atoms with E-state index in [4.69, 9.17) is 0 Å². The molecule has 0 spiro atoms. The lowest BCUT2D eigenvalue weighted by molar-refractivity contribution is 0.585. The fourth-order valence-corrected chi connectivity index (χ4v) is 4.63. The molecule has 0 fully saturated rings. The molecule has 4 aromatic rings. The number of halogens is 3. The van der Waals surface area contributed by atoms with Crippen LogP contribution < -0.4 is 10.0 Å². The molecule has 0 atom stereocenters. The van der Waals surface area contributed by atoms with Gasteiger partial charge in [0.05, 0.1) is 16.8 Å². The van der Waals surface area contributed by atoms with Gasteiger partial charge in [-0.15, -0.1) is 0 Å². The molecule has 4 rings (SSSR count). The van der Waals surface area contributed by atoms with Gasteiger partial charge in [0.25, 0.3) is 10.0 Å². The van der Waals surface area contributed by atoms with E-state index >= 15 is 4.39 Å². The fraction of sp³-hybridized carbons (Fsp3) is 0.100. The van der Waals surface area contributed by atoms with Crippen LogP contribution in [0.15, 0.2) is 52.9 Å². The third-order valence-electron chi connectivity index (χ3n) is 4.62. The van der Waals surface area contributed by atoms with E-state index in [1.807, 2.05) is 4.72 Å². The second-order valence-electron chi connectivity index (χ2n) is 6.69. The molecule has 170 valence electrons. The second kappa shape index (κ2) is 8.83. The number of fused-ring (bicyclic) bond motifs is 1. The molecule has 0 saturated carbocycles. The molecule has 0 aliphatic carbocycles. The Bertz CT molecular complexity index is 1480. The number of thioether (sulfide) groups is 1.